The van der Waals surface area contributed by atoms with Crippen LogP contribution in [0.15, 0.2) is 0 Å². The minimum absolute atomic E-state index is 0.385. The molecule has 0 aromatic heterocycles. The Kier molecular flexibility index (Phi) is 2.61. The molecule has 2 unspecified atom stereocenters. The summed E-state index contributed by atoms with van der Waals surface area (Å²) in [5, 5.41) is 3.65. The zero-order valence-corrected chi connectivity index (χ0v) is 8.68. The van der Waals surface area contributed by atoms with Crippen molar-refractivity contribution in [3.05, 3.63) is 0 Å². The Hall–Kier alpha value is -0.0800. The second-order valence-electron chi connectivity index (χ2n) is 5.16. The van der Waals surface area contributed by atoms with Gasteiger partial charge in [-0.1, -0.05) is 19.8 Å². The molecule has 2 rings (SSSR count). The third-order valence-corrected chi connectivity index (χ3v) is 4.06. The van der Waals surface area contributed by atoms with Gasteiger partial charge in [0, 0.05) is 18.6 Å². The molecular formula is C11H22N2. The van der Waals surface area contributed by atoms with Crippen molar-refractivity contribution < 1.29 is 0 Å². The molecule has 0 bridgehead atoms. The van der Waals surface area contributed by atoms with Crippen LogP contribution in [-0.4, -0.2) is 18.6 Å². The van der Waals surface area contributed by atoms with E-state index in [1.807, 2.05) is 0 Å². The molecule has 0 radical (unpaired) electrons. The van der Waals surface area contributed by atoms with Crippen molar-refractivity contribution in [2.24, 2.45) is 11.1 Å². The van der Waals surface area contributed by atoms with E-state index < -0.39 is 0 Å². The zero-order chi connectivity index (χ0) is 9.31. The quantitative estimate of drug-likeness (QED) is 0.696. The number of hydrogen-bond donors (Lipinski definition) is 2. The molecule has 0 aromatic rings. The largest absolute Gasteiger partial charge is 0.327 e. The normalized spacial score (nSPS) is 40.6. The first-order valence-electron chi connectivity index (χ1n) is 5.70. The predicted octanol–water partition coefficient (Wildman–Crippen LogP) is 1.65. The third kappa shape index (κ3) is 1.89. The molecule has 0 heterocycles. The van der Waals surface area contributed by atoms with Crippen LogP contribution in [0.5, 0.6) is 0 Å². The van der Waals surface area contributed by atoms with Gasteiger partial charge in [0.15, 0.2) is 0 Å². The molecule has 2 aliphatic carbocycles. The summed E-state index contributed by atoms with van der Waals surface area (Å²) in [5.74, 6) is 0. The summed E-state index contributed by atoms with van der Waals surface area (Å²) in [6.07, 6.45) is 8.04. The van der Waals surface area contributed by atoms with E-state index in [4.69, 9.17) is 5.73 Å². The Balaban J connectivity index is 1.78. The lowest BCUT2D eigenvalue weighted by atomic mass is 9.83. The van der Waals surface area contributed by atoms with Gasteiger partial charge in [-0.15, -0.1) is 0 Å². The maximum absolute atomic E-state index is 6.12. The minimum atomic E-state index is 0.385. The fourth-order valence-electron chi connectivity index (χ4n) is 2.47. The van der Waals surface area contributed by atoms with Gasteiger partial charge in [-0.2, -0.15) is 0 Å². The fraction of sp³-hybridized carbons (Fsp3) is 1.00. The summed E-state index contributed by atoms with van der Waals surface area (Å²) in [4.78, 5) is 0. The highest BCUT2D eigenvalue weighted by atomic mass is 14.9. The maximum Gasteiger partial charge on any atom is 0.0105 e. The number of nitrogens with one attached hydrogen (secondary N) is 1. The van der Waals surface area contributed by atoms with E-state index in [1.165, 1.54) is 38.5 Å². The predicted molar refractivity (Wildman–Crippen MR) is 55.6 cm³/mol. The van der Waals surface area contributed by atoms with Gasteiger partial charge >= 0.3 is 0 Å². The molecule has 0 aromatic carbocycles. The van der Waals surface area contributed by atoms with Gasteiger partial charge in [-0.05, 0) is 31.1 Å². The lowest BCUT2D eigenvalue weighted by Gasteiger charge is -2.34. The molecule has 2 heteroatoms. The third-order valence-electron chi connectivity index (χ3n) is 4.06. The van der Waals surface area contributed by atoms with Crippen LogP contribution in [-0.2, 0) is 0 Å². The number of hydrogen-bond acceptors (Lipinski definition) is 2. The highest BCUT2D eigenvalue weighted by Gasteiger charge is 2.36. The molecular weight excluding hydrogens is 160 g/mol. The van der Waals surface area contributed by atoms with Crippen LogP contribution in [0.4, 0.5) is 0 Å². The van der Waals surface area contributed by atoms with E-state index in [0.717, 1.165) is 12.6 Å². The lowest BCUT2D eigenvalue weighted by molar-refractivity contribution is 0.234. The molecule has 2 fully saturated rings. The molecule has 2 nitrogen and oxygen atoms in total. The average Bonchev–Trinajstić information content (AvgIpc) is 2.30. The van der Waals surface area contributed by atoms with Gasteiger partial charge < -0.3 is 11.1 Å². The zero-order valence-electron chi connectivity index (χ0n) is 8.68. The molecule has 3 N–H and O–H groups in total. The van der Waals surface area contributed by atoms with E-state index in [0.29, 0.717) is 11.5 Å². The van der Waals surface area contributed by atoms with Crippen molar-refractivity contribution in [1.82, 2.24) is 5.32 Å². The van der Waals surface area contributed by atoms with Crippen LogP contribution in [0.3, 0.4) is 0 Å². The molecule has 2 atom stereocenters. The minimum Gasteiger partial charge on any atom is -0.327 e. The Morgan fingerprint density at radius 2 is 2.08 bits per heavy atom. The van der Waals surface area contributed by atoms with Gasteiger partial charge in [0.05, 0.1) is 0 Å². The van der Waals surface area contributed by atoms with Gasteiger partial charge in [-0.3, -0.25) is 0 Å². The van der Waals surface area contributed by atoms with Crippen molar-refractivity contribution in [3.63, 3.8) is 0 Å². The van der Waals surface area contributed by atoms with Gasteiger partial charge in [-0.25, -0.2) is 0 Å². The average molecular weight is 182 g/mol. The van der Waals surface area contributed by atoms with E-state index in [-0.39, 0.29) is 0 Å². The van der Waals surface area contributed by atoms with Crippen LogP contribution in [0.2, 0.25) is 0 Å². The number of rotatable bonds is 3. The van der Waals surface area contributed by atoms with Gasteiger partial charge in [0.25, 0.3) is 0 Å². The molecule has 0 saturated heterocycles. The van der Waals surface area contributed by atoms with E-state index in [1.54, 1.807) is 0 Å². The lowest BCUT2D eigenvalue weighted by Crippen LogP contribution is -2.47. The van der Waals surface area contributed by atoms with Crippen molar-refractivity contribution in [2.75, 3.05) is 6.54 Å². The molecule has 0 aliphatic heterocycles. The monoisotopic (exact) mass is 182 g/mol. The number of nitrogens with two attached hydrogens (primary N) is 1. The van der Waals surface area contributed by atoms with Gasteiger partial charge in [0.2, 0.25) is 0 Å². The Labute approximate surface area is 81.3 Å². The van der Waals surface area contributed by atoms with Crippen LogP contribution >= 0.6 is 0 Å². The topological polar surface area (TPSA) is 38.0 Å². The summed E-state index contributed by atoms with van der Waals surface area (Å²) in [6.45, 7) is 3.48. The maximum atomic E-state index is 6.12. The van der Waals surface area contributed by atoms with Crippen molar-refractivity contribution >= 4 is 0 Å². The Morgan fingerprint density at radius 3 is 2.54 bits per heavy atom. The SMILES string of the molecule is CC1(CNC2CCC2)CCCC1N. The second-order valence-corrected chi connectivity index (χ2v) is 5.16. The summed E-state index contributed by atoms with van der Waals surface area (Å²) in [6, 6.07) is 1.24. The summed E-state index contributed by atoms with van der Waals surface area (Å²) >= 11 is 0. The molecule has 13 heavy (non-hydrogen) atoms. The summed E-state index contributed by atoms with van der Waals surface area (Å²) in [7, 11) is 0. The molecule has 2 aliphatic rings. The first-order chi connectivity index (χ1) is 6.21. The van der Waals surface area contributed by atoms with Gasteiger partial charge in [0.1, 0.15) is 0 Å². The van der Waals surface area contributed by atoms with Crippen LogP contribution in [0, 0.1) is 5.41 Å². The standard InChI is InChI=1S/C11H22N2/c1-11(7-3-6-10(11)12)8-13-9-4-2-5-9/h9-10,13H,2-8,12H2,1H3. The molecule has 0 spiro atoms. The first kappa shape index (κ1) is 9.47. The highest BCUT2D eigenvalue weighted by Crippen LogP contribution is 2.36. The Bertz CT molecular complexity index is 177. The summed E-state index contributed by atoms with van der Waals surface area (Å²) < 4.78 is 0. The van der Waals surface area contributed by atoms with Crippen molar-refractivity contribution in [3.8, 4) is 0 Å². The highest BCUT2D eigenvalue weighted by molar-refractivity contribution is 4.94. The summed E-state index contributed by atoms with van der Waals surface area (Å²) in [5.41, 5.74) is 6.50. The molecule has 0 amide bonds. The van der Waals surface area contributed by atoms with Crippen LogP contribution < -0.4 is 11.1 Å². The van der Waals surface area contributed by atoms with Crippen molar-refractivity contribution in [2.45, 2.75) is 57.5 Å². The first-order valence-corrected chi connectivity index (χ1v) is 5.70. The Morgan fingerprint density at radius 1 is 1.31 bits per heavy atom. The van der Waals surface area contributed by atoms with Crippen LogP contribution in [0.25, 0.3) is 0 Å². The molecule has 2 saturated carbocycles. The second kappa shape index (κ2) is 3.58. The fourth-order valence-corrected chi connectivity index (χ4v) is 2.47. The van der Waals surface area contributed by atoms with E-state index in [2.05, 4.69) is 12.2 Å². The van der Waals surface area contributed by atoms with E-state index >= 15 is 0 Å². The van der Waals surface area contributed by atoms with Crippen LogP contribution in [0.1, 0.15) is 45.4 Å². The molecule has 76 valence electrons. The van der Waals surface area contributed by atoms with E-state index in [9.17, 15) is 0 Å². The van der Waals surface area contributed by atoms with Crippen molar-refractivity contribution in [1.29, 1.82) is 0 Å². The smallest absolute Gasteiger partial charge is 0.0105 e.